The van der Waals surface area contributed by atoms with E-state index in [1.54, 1.807) is 0 Å². The third-order valence-electron chi connectivity index (χ3n) is 5.13. The molecular weight excluding hydrogens is 266 g/mol. The number of nitrogens with one attached hydrogen (secondary N) is 1. The number of amides is 1. The van der Waals surface area contributed by atoms with Gasteiger partial charge in [0.05, 0.1) is 11.8 Å². The first-order valence-electron chi connectivity index (χ1n) is 7.66. The standard InChI is InChI=1S/C17H21NO3/c1-10-2-8-13(9-3-10)18-16(19)14-11-4-6-12(7-5-11)15(14)17(20)21/h2-3,8-9,11-12,14-15H,4-7H2,1H3,(H,18,19)(H,20,21)/t11?,12?,14-,15+/m0/s1. The van der Waals surface area contributed by atoms with Gasteiger partial charge in [-0.1, -0.05) is 17.7 Å². The zero-order valence-electron chi connectivity index (χ0n) is 12.2. The quantitative estimate of drug-likeness (QED) is 0.898. The molecule has 4 rings (SSSR count). The van der Waals surface area contributed by atoms with E-state index in [0.29, 0.717) is 0 Å². The van der Waals surface area contributed by atoms with Crippen molar-refractivity contribution in [2.24, 2.45) is 23.7 Å². The van der Waals surface area contributed by atoms with E-state index in [9.17, 15) is 14.7 Å². The van der Waals surface area contributed by atoms with Gasteiger partial charge in [0.25, 0.3) is 0 Å². The molecule has 0 aliphatic heterocycles. The normalized spacial score (nSPS) is 30.9. The minimum absolute atomic E-state index is 0.124. The molecule has 1 amide bonds. The summed E-state index contributed by atoms with van der Waals surface area (Å²) in [6.45, 7) is 1.99. The minimum Gasteiger partial charge on any atom is -0.481 e. The fourth-order valence-electron chi connectivity index (χ4n) is 4.04. The summed E-state index contributed by atoms with van der Waals surface area (Å²) in [7, 11) is 0. The molecule has 0 aromatic heterocycles. The summed E-state index contributed by atoms with van der Waals surface area (Å²) >= 11 is 0. The molecule has 3 fully saturated rings. The van der Waals surface area contributed by atoms with Crippen LogP contribution in [0.2, 0.25) is 0 Å². The molecule has 3 saturated carbocycles. The third-order valence-corrected chi connectivity index (χ3v) is 5.13. The Morgan fingerprint density at radius 3 is 2.05 bits per heavy atom. The molecule has 0 unspecified atom stereocenters. The molecule has 0 saturated heterocycles. The van der Waals surface area contributed by atoms with Crippen LogP contribution in [0.5, 0.6) is 0 Å². The molecule has 2 atom stereocenters. The van der Waals surface area contributed by atoms with Gasteiger partial charge in [0.1, 0.15) is 0 Å². The van der Waals surface area contributed by atoms with Crippen molar-refractivity contribution in [1.82, 2.24) is 0 Å². The number of hydrogen-bond acceptors (Lipinski definition) is 2. The summed E-state index contributed by atoms with van der Waals surface area (Å²) in [6.07, 6.45) is 3.88. The molecule has 0 radical (unpaired) electrons. The Kier molecular flexibility index (Phi) is 3.70. The van der Waals surface area contributed by atoms with Gasteiger partial charge in [-0.05, 0) is 56.6 Å². The Bertz CT molecular complexity index is 544. The molecule has 0 heterocycles. The smallest absolute Gasteiger partial charge is 0.307 e. The fraction of sp³-hybridized carbons (Fsp3) is 0.529. The number of benzene rings is 1. The molecule has 1 aromatic carbocycles. The molecule has 3 aliphatic rings. The Morgan fingerprint density at radius 1 is 1.00 bits per heavy atom. The number of carbonyl (C=O) groups is 2. The largest absolute Gasteiger partial charge is 0.481 e. The highest BCUT2D eigenvalue weighted by atomic mass is 16.4. The summed E-state index contributed by atoms with van der Waals surface area (Å²) in [4.78, 5) is 24.2. The number of carboxylic acids is 1. The van der Waals surface area contributed by atoms with Crippen molar-refractivity contribution in [2.75, 3.05) is 5.32 Å². The van der Waals surface area contributed by atoms with E-state index in [2.05, 4.69) is 5.32 Å². The van der Waals surface area contributed by atoms with Crippen LogP contribution in [0.3, 0.4) is 0 Å². The molecule has 2 N–H and O–H groups in total. The predicted octanol–water partition coefficient (Wildman–Crippen LogP) is 3.07. The van der Waals surface area contributed by atoms with Gasteiger partial charge >= 0.3 is 5.97 Å². The van der Waals surface area contributed by atoms with Gasteiger partial charge in [-0.3, -0.25) is 9.59 Å². The second-order valence-corrected chi connectivity index (χ2v) is 6.42. The Hall–Kier alpha value is -1.84. The van der Waals surface area contributed by atoms with E-state index in [4.69, 9.17) is 0 Å². The molecule has 4 heteroatoms. The highest BCUT2D eigenvalue weighted by Gasteiger charge is 2.50. The van der Waals surface area contributed by atoms with Crippen LogP contribution in [0.1, 0.15) is 31.2 Å². The van der Waals surface area contributed by atoms with Crippen molar-refractivity contribution >= 4 is 17.6 Å². The number of aliphatic carboxylic acids is 1. The van der Waals surface area contributed by atoms with Gasteiger partial charge in [-0.25, -0.2) is 0 Å². The van der Waals surface area contributed by atoms with Crippen LogP contribution in [0.15, 0.2) is 24.3 Å². The fourth-order valence-corrected chi connectivity index (χ4v) is 4.04. The maximum absolute atomic E-state index is 12.6. The van der Waals surface area contributed by atoms with Gasteiger partial charge in [-0.2, -0.15) is 0 Å². The van der Waals surface area contributed by atoms with Crippen LogP contribution in [0.4, 0.5) is 5.69 Å². The predicted molar refractivity (Wildman–Crippen MR) is 79.9 cm³/mol. The zero-order chi connectivity index (χ0) is 15.0. The Morgan fingerprint density at radius 2 is 1.52 bits per heavy atom. The van der Waals surface area contributed by atoms with Gasteiger partial charge in [0, 0.05) is 5.69 Å². The second-order valence-electron chi connectivity index (χ2n) is 6.42. The van der Waals surface area contributed by atoms with Crippen molar-refractivity contribution in [3.8, 4) is 0 Å². The average molecular weight is 287 g/mol. The highest BCUT2D eigenvalue weighted by Crippen LogP contribution is 2.49. The molecule has 1 aromatic rings. The van der Waals surface area contributed by atoms with Gasteiger partial charge in [0.2, 0.25) is 5.91 Å². The van der Waals surface area contributed by atoms with Crippen molar-refractivity contribution in [2.45, 2.75) is 32.6 Å². The second kappa shape index (κ2) is 5.51. The van der Waals surface area contributed by atoms with Crippen LogP contribution in [-0.2, 0) is 9.59 Å². The lowest BCUT2D eigenvalue weighted by Crippen LogP contribution is -2.49. The lowest BCUT2D eigenvalue weighted by Gasteiger charge is -2.45. The molecule has 3 aliphatic carbocycles. The molecule has 2 bridgehead atoms. The van der Waals surface area contributed by atoms with Crippen LogP contribution in [-0.4, -0.2) is 17.0 Å². The van der Waals surface area contributed by atoms with Crippen LogP contribution >= 0.6 is 0 Å². The van der Waals surface area contributed by atoms with Crippen molar-refractivity contribution < 1.29 is 14.7 Å². The summed E-state index contributed by atoms with van der Waals surface area (Å²) in [5.41, 5.74) is 1.88. The van der Waals surface area contributed by atoms with Crippen molar-refractivity contribution in [3.05, 3.63) is 29.8 Å². The maximum atomic E-state index is 12.6. The van der Waals surface area contributed by atoms with E-state index in [-0.39, 0.29) is 23.7 Å². The van der Waals surface area contributed by atoms with E-state index < -0.39 is 11.9 Å². The summed E-state index contributed by atoms with van der Waals surface area (Å²) in [6, 6.07) is 7.61. The maximum Gasteiger partial charge on any atom is 0.307 e. The lowest BCUT2D eigenvalue weighted by atomic mass is 9.58. The molecule has 112 valence electrons. The van der Waals surface area contributed by atoms with E-state index in [1.807, 2.05) is 31.2 Å². The number of hydrogen-bond donors (Lipinski definition) is 2. The van der Waals surface area contributed by atoms with Crippen LogP contribution in [0.25, 0.3) is 0 Å². The van der Waals surface area contributed by atoms with E-state index in [0.717, 1.165) is 36.9 Å². The molecule has 4 nitrogen and oxygen atoms in total. The number of aryl methyl sites for hydroxylation is 1. The average Bonchev–Trinajstić information content (AvgIpc) is 2.49. The molecule has 21 heavy (non-hydrogen) atoms. The zero-order valence-corrected chi connectivity index (χ0v) is 12.2. The minimum atomic E-state index is -0.812. The highest BCUT2D eigenvalue weighted by molar-refractivity contribution is 5.95. The first-order chi connectivity index (χ1) is 10.1. The van der Waals surface area contributed by atoms with Crippen molar-refractivity contribution in [1.29, 1.82) is 0 Å². The van der Waals surface area contributed by atoms with Gasteiger partial charge in [0.15, 0.2) is 0 Å². The molecular formula is C17H21NO3. The summed E-state index contributed by atoms with van der Waals surface area (Å²) in [5.74, 6) is -1.43. The van der Waals surface area contributed by atoms with Crippen molar-refractivity contribution in [3.63, 3.8) is 0 Å². The number of carboxylic acid groups (broad SMARTS) is 1. The van der Waals surface area contributed by atoms with E-state index in [1.165, 1.54) is 0 Å². The topological polar surface area (TPSA) is 66.4 Å². The summed E-state index contributed by atoms with van der Waals surface area (Å²) < 4.78 is 0. The van der Waals surface area contributed by atoms with Gasteiger partial charge < -0.3 is 10.4 Å². The first-order valence-corrected chi connectivity index (χ1v) is 7.66. The Balaban J connectivity index is 1.78. The number of fused-ring (bicyclic) bond motifs is 3. The monoisotopic (exact) mass is 287 g/mol. The third kappa shape index (κ3) is 2.67. The summed E-state index contributed by atoms with van der Waals surface area (Å²) in [5, 5.41) is 12.4. The van der Waals surface area contributed by atoms with Crippen LogP contribution in [0, 0.1) is 30.6 Å². The number of carbonyl (C=O) groups excluding carboxylic acids is 1. The Labute approximate surface area is 124 Å². The first kappa shape index (κ1) is 14.1. The lowest BCUT2D eigenvalue weighted by molar-refractivity contribution is -0.156. The number of rotatable bonds is 3. The van der Waals surface area contributed by atoms with Crippen LogP contribution < -0.4 is 5.32 Å². The SMILES string of the molecule is Cc1ccc(NC(=O)[C@H]2C3CCC(CC3)[C@H]2C(=O)O)cc1. The van der Waals surface area contributed by atoms with Gasteiger partial charge in [-0.15, -0.1) is 0 Å². The molecule has 0 spiro atoms. The van der Waals surface area contributed by atoms with E-state index >= 15 is 0 Å². The number of anilines is 1.